The van der Waals surface area contributed by atoms with Crippen LogP contribution in [0, 0.1) is 12.3 Å². The van der Waals surface area contributed by atoms with E-state index in [-0.39, 0.29) is 25.2 Å². The molecular weight excluding hydrogens is 417 g/mol. The van der Waals surface area contributed by atoms with Gasteiger partial charge >= 0.3 is 0 Å². The van der Waals surface area contributed by atoms with E-state index in [0.717, 1.165) is 0 Å². The van der Waals surface area contributed by atoms with Gasteiger partial charge in [-0.1, -0.05) is 17.5 Å². The topological polar surface area (TPSA) is 71.9 Å². The first-order valence-corrected chi connectivity index (χ1v) is 10.2. The summed E-state index contributed by atoms with van der Waals surface area (Å²) in [7, 11) is 0. The molecule has 0 saturated carbocycles. The monoisotopic (exact) mass is 435 g/mol. The van der Waals surface area contributed by atoms with Crippen LogP contribution in [-0.4, -0.2) is 49.5 Å². The SMILES string of the molecule is C#Cc1ccc(C(=O)N2CCC(F)(Cc3ccc(Cl)cn3)CC2)c(-c2ccncn2)n1. The Morgan fingerprint density at radius 2 is 2.00 bits per heavy atom. The third kappa shape index (κ3) is 4.70. The number of halogens is 2. The summed E-state index contributed by atoms with van der Waals surface area (Å²) in [6.07, 6.45) is 10.6. The highest BCUT2D eigenvalue weighted by molar-refractivity contribution is 6.30. The van der Waals surface area contributed by atoms with Gasteiger partial charge in [0.05, 0.1) is 16.3 Å². The largest absolute Gasteiger partial charge is 0.338 e. The molecular formula is C23H19ClFN5O. The Labute approximate surface area is 184 Å². The molecule has 0 N–H and O–H groups in total. The van der Waals surface area contributed by atoms with Gasteiger partial charge in [0.2, 0.25) is 0 Å². The lowest BCUT2D eigenvalue weighted by Crippen LogP contribution is -2.45. The maximum Gasteiger partial charge on any atom is 0.256 e. The van der Waals surface area contributed by atoms with Crippen LogP contribution in [-0.2, 0) is 6.42 Å². The van der Waals surface area contributed by atoms with E-state index in [0.29, 0.717) is 46.5 Å². The average Bonchev–Trinajstić information content (AvgIpc) is 2.81. The summed E-state index contributed by atoms with van der Waals surface area (Å²) in [6, 6.07) is 8.37. The normalized spacial score (nSPS) is 15.3. The van der Waals surface area contributed by atoms with Crippen molar-refractivity contribution in [2.24, 2.45) is 0 Å². The van der Waals surface area contributed by atoms with Crippen molar-refractivity contribution in [3.05, 3.63) is 71.0 Å². The summed E-state index contributed by atoms with van der Waals surface area (Å²) < 4.78 is 15.4. The molecule has 1 saturated heterocycles. The van der Waals surface area contributed by atoms with Crippen LogP contribution in [0.3, 0.4) is 0 Å². The molecule has 1 aliphatic heterocycles. The van der Waals surface area contributed by atoms with Crippen molar-refractivity contribution in [2.45, 2.75) is 24.9 Å². The third-order valence-electron chi connectivity index (χ3n) is 5.33. The minimum Gasteiger partial charge on any atom is -0.338 e. The van der Waals surface area contributed by atoms with E-state index in [1.165, 1.54) is 12.5 Å². The van der Waals surface area contributed by atoms with Crippen LogP contribution in [0.2, 0.25) is 5.02 Å². The molecule has 0 atom stereocenters. The fourth-order valence-electron chi connectivity index (χ4n) is 3.63. The molecule has 0 spiro atoms. The number of nitrogens with zero attached hydrogens (tertiary/aromatic N) is 5. The molecule has 0 aliphatic carbocycles. The van der Waals surface area contributed by atoms with Crippen molar-refractivity contribution in [2.75, 3.05) is 13.1 Å². The molecule has 8 heteroatoms. The van der Waals surface area contributed by atoms with Crippen molar-refractivity contribution in [1.82, 2.24) is 24.8 Å². The highest BCUT2D eigenvalue weighted by Crippen LogP contribution is 2.31. The summed E-state index contributed by atoms with van der Waals surface area (Å²) in [6.45, 7) is 0.589. The molecule has 0 bridgehead atoms. The molecule has 4 heterocycles. The van der Waals surface area contributed by atoms with Crippen LogP contribution in [0.1, 0.15) is 34.6 Å². The standard InChI is InChI=1S/C23H19ClFN5O/c1-2-17-5-6-19(21(29-17)20-7-10-26-15-28-20)22(31)30-11-8-23(25,9-12-30)13-18-4-3-16(24)14-27-18/h1,3-7,10,14-15H,8-9,11-13H2. The van der Waals surface area contributed by atoms with Gasteiger partial charge in [0.1, 0.15) is 23.4 Å². The lowest BCUT2D eigenvalue weighted by Gasteiger charge is -2.36. The van der Waals surface area contributed by atoms with E-state index < -0.39 is 5.67 Å². The number of carbonyl (C=O) groups excluding carboxylic acids is 1. The molecule has 156 valence electrons. The highest BCUT2D eigenvalue weighted by atomic mass is 35.5. The fraction of sp³-hybridized carbons (Fsp3) is 0.261. The maximum atomic E-state index is 15.4. The quantitative estimate of drug-likeness (QED) is 0.583. The molecule has 0 radical (unpaired) electrons. The second-order valence-corrected chi connectivity index (χ2v) is 7.86. The minimum atomic E-state index is -1.42. The zero-order valence-corrected chi connectivity index (χ0v) is 17.4. The molecule has 1 fully saturated rings. The number of likely N-dealkylation sites (tertiary alicyclic amines) is 1. The Hall–Kier alpha value is -3.37. The van der Waals surface area contributed by atoms with Gasteiger partial charge in [-0.25, -0.2) is 19.3 Å². The number of amides is 1. The number of piperidine rings is 1. The summed E-state index contributed by atoms with van der Waals surface area (Å²) in [4.78, 5) is 31.6. The van der Waals surface area contributed by atoms with Crippen LogP contribution in [0.5, 0.6) is 0 Å². The minimum absolute atomic E-state index is 0.191. The van der Waals surface area contributed by atoms with Crippen LogP contribution < -0.4 is 0 Å². The van der Waals surface area contributed by atoms with Gasteiger partial charge in [-0.15, -0.1) is 6.42 Å². The Balaban J connectivity index is 1.51. The molecule has 1 aliphatic rings. The van der Waals surface area contributed by atoms with E-state index >= 15 is 4.39 Å². The van der Waals surface area contributed by atoms with Gasteiger partial charge in [-0.05, 0) is 43.2 Å². The first-order chi connectivity index (χ1) is 15.0. The van der Waals surface area contributed by atoms with E-state index in [4.69, 9.17) is 18.0 Å². The van der Waals surface area contributed by atoms with Crippen molar-refractivity contribution in [3.63, 3.8) is 0 Å². The molecule has 1 amide bonds. The Morgan fingerprint density at radius 3 is 2.65 bits per heavy atom. The zero-order chi connectivity index (χ0) is 21.8. The predicted octanol–water partition coefficient (Wildman–Crippen LogP) is 3.76. The van der Waals surface area contributed by atoms with E-state index in [2.05, 4.69) is 25.9 Å². The molecule has 0 aromatic carbocycles. The first-order valence-electron chi connectivity index (χ1n) is 9.80. The smallest absolute Gasteiger partial charge is 0.256 e. The number of alkyl halides is 1. The molecule has 3 aromatic heterocycles. The molecule has 0 unspecified atom stereocenters. The molecule has 31 heavy (non-hydrogen) atoms. The third-order valence-corrected chi connectivity index (χ3v) is 5.56. The van der Waals surface area contributed by atoms with Crippen LogP contribution in [0.4, 0.5) is 4.39 Å². The summed E-state index contributed by atoms with van der Waals surface area (Å²) in [5, 5.41) is 0.515. The Kier molecular flexibility index (Phi) is 5.92. The number of aromatic nitrogens is 4. The van der Waals surface area contributed by atoms with E-state index in [1.54, 1.807) is 41.4 Å². The number of carbonyl (C=O) groups is 1. The average molecular weight is 436 g/mol. The van der Waals surface area contributed by atoms with Crippen LogP contribution in [0.15, 0.2) is 49.1 Å². The number of terminal acetylenes is 1. The van der Waals surface area contributed by atoms with Crippen molar-refractivity contribution < 1.29 is 9.18 Å². The molecule has 6 nitrogen and oxygen atoms in total. The van der Waals surface area contributed by atoms with Crippen LogP contribution >= 0.6 is 11.6 Å². The van der Waals surface area contributed by atoms with Crippen molar-refractivity contribution in [1.29, 1.82) is 0 Å². The van der Waals surface area contributed by atoms with Gasteiger partial charge < -0.3 is 4.90 Å². The molecule has 4 rings (SSSR count). The number of hydrogen-bond acceptors (Lipinski definition) is 5. The van der Waals surface area contributed by atoms with Gasteiger partial charge in [0.15, 0.2) is 0 Å². The lowest BCUT2D eigenvalue weighted by atomic mass is 9.88. The Morgan fingerprint density at radius 1 is 1.19 bits per heavy atom. The van der Waals surface area contributed by atoms with Crippen LogP contribution in [0.25, 0.3) is 11.4 Å². The Bertz CT molecular complexity index is 1120. The van der Waals surface area contributed by atoms with Gasteiger partial charge in [0.25, 0.3) is 5.91 Å². The van der Waals surface area contributed by atoms with E-state index in [9.17, 15) is 4.79 Å². The second kappa shape index (κ2) is 8.78. The number of rotatable bonds is 4. The van der Waals surface area contributed by atoms with Crippen molar-refractivity contribution in [3.8, 4) is 23.7 Å². The highest BCUT2D eigenvalue weighted by Gasteiger charge is 2.37. The second-order valence-electron chi connectivity index (χ2n) is 7.42. The summed E-state index contributed by atoms with van der Waals surface area (Å²) >= 11 is 5.85. The number of pyridine rings is 2. The van der Waals surface area contributed by atoms with Gasteiger partial charge in [0, 0.05) is 37.6 Å². The number of hydrogen-bond donors (Lipinski definition) is 0. The predicted molar refractivity (Wildman–Crippen MR) is 115 cm³/mol. The lowest BCUT2D eigenvalue weighted by molar-refractivity contribution is 0.0434. The van der Waals surface area contributed by atoms with E-state index in [1.807, 2.05) is 0 Å². The maximum absolute atomic E-state index is 15.4. The fourth-order valence-corrected chi connectivity index (χ4v) is 3.74. The van der Waals surface area contributed by atoms with Crippen molar-refractivity contribution >= 4 is 17.5 Å². The van der Waals surface area contributed by atoms with Gasteiger partial charge in [-0.3, -0.25) is 9.78 Å². The summed E-state index contributed by atoms with van der Waals surface area (Å²) in [5.41, 5.74) is 0.905. The summed E-state index contributed by atoms with van der Waals surface area (Å²) in [5.74, 6) is 2.25. The zero-order valence-electron chi connectivity index (χ0n) is 16.6. The first kappa shape index (κ1) is 20.9. The van der Waals surface area contributed by atoms with Gasteiger partial charge in [-0.2, -0.15) is 0 Å². The molecule has 3 aromatic rings.